The first-order valence-electron chi connectivity index (χ1n) is 24.4. The maximum Gasteiger partial charge on any atom is 0.268 e. The van der Waals surface area contributed by atoms with Crippen LogP contribution in [0.5, 0.6) is 0 Å². The van der Waals surface area contributed by atoms with Gasteiger partial charge in [0, 0.05) is 6.42 Å². The van der Waals surface area contributed by atoms with Crippen LogP contribution in [-0.4, -0.2) is 68.5 Å². The molecule has 0 saturated heterocycles. The van der Waals surface area contributed by atoms with Gasteiger partial charge >= 0.3 is 0 Å². The van der Waals surface area contributed by atoms with Gasteiger partial charge < -0.3 is 28.8 Å². The zero-order chi connectivity index (χ0) is 41.4. The smallest absolute Gasteiger partial charge is 0.268 e. The number of carbonyl (C=O) groups excluding carboxylic acids is 1. The maximum atomic E-state index is 12.9. The summed E-state index contributed by atoms with van der Waals surface area (Å²) in [6, 6.07) is -0.792. The van der Waals surface area contributed by atoms with E-state index in [9.17, 15) is 19.4 Å². The molecule has 0 aliphatic carbocycles. The third kappa shape index (κ3) is 41.7. The summed E-state index contributed by atoms with van der Waals surface area (Å²) in [7, 11) is 1.32. The van der Waals surface area contributed by atoms with Crippen molar-refractivity contribution in [3.8, 4) is 0 Å². The Bertz CT molecular complexity index is 885. The highest BCUT2D eigenvalue weighted by Gasteiger charge is 2.24. The van der Waals surface area contributed by atoms with E-state index in [1.807, 2.05) is 21.1 Å². The largest absolute Gasteiger partial charge is 0.756 e. The van der Waals surface area contributed by atoms with E-state index in [0.717, 1.165) is 38.5 Å². The molecule has 0 aliphatic rings. The normalized spacial score (nSPS) is 14.2. The van der Waals surface area contributed by atoms with Crippen LogP contribution in [0.15, 0.2) is 0 Å². The molecule has 0 rings (SSSR count). The quantitative estimate of drug-likeness (QED) is 0.0360. The van der Waals surface area contributed by atoms with E-state index in [1.165, 1.54) is 180 Å². The van der Waals surface area contributed by atoms with E-state index < -0.39 is 20.0 Å². The zero-order valence-corrected chi connectivity index (χ0v) is 39.0. The molecule has 0 bridgehead atoms. The topological polar surface area (TPSA) is 108 Å². The summed E-state index contributed by atoms with van der Waals surface area (Å²) < 4.78 is 23.2. The average molecular weight is 817 g/mol. The lowest BCUT2D eigenvalue weighted by Gasteiger charge is -2.30. The molecule has 0 heterocycles. The van der Waals surface area contributed by atoms with E-state index in [0.29, 0.717) is 23.9 Å². The minimum atomic E-state index is -4.55. The van der Waals surface area contributed by atoms with E-state index in [-0.39, 0.29) is 19.1 Å². The molecule has 0 saturated carbocycles. The number of carbonyl (C=O) groups is 1. The van der Waals surface area contributed by atoms with Gasteiger partial charge in [-0.3, -0.25) is 9.36 Å². The number of phosphoric acid groups is 1. The maximum absolute atomic E-state index is 12.9. The second-order valence-corrected chi connectivity index (χ2v) is 19.6. The molecule has 0 spiro atoms. The van der Waals surface area contributed by atoms with Crippen molar-refractivity contribution in [2.24, 2.45) is 0 Å². The lowest BCUT2D eigenvalue weighted by molar-refractivity contribution is -0.870. The van der Waals surface area contributed by atoms with Crippen molar-refractivity contribution in [3.63, 3.8) is 0 Å². The number of quaternary nitrogens is 1. The van der Waals surface area contributed by atoms with Gasteiger partial charge in [0.25, 0.3) is 7.82 Å². The number of rotatable bonds is 45. The molecule has 1 amide bonds. The Morgan fingerprint density at radius 1 is 0.554 bits per heavy atom. The molecule has 0 aromatic heterocycles. The van der Waals surface area contributed by atoms with Crippen LogP contribution < -0.4 is 10.2 Å². The molecule has 0 aromatic rings. The molecule has 0 aliphatic heterocycles. The summed E-state index contributed by atoms with van der Waals surface area (Å²) in [5.41, 5.74) is 0. The monoisotopic (exact) mass is 817 g/mol. The number of amides is 1. The highest BCUT2D eigenvalue weighted by Crippen LogP contribution is 2.38. The predicted octanol–water partition coefficient (Wildman–Crippen LogP) is 13.1. The summed E-state index contributed by atoms with van der Waals surface area (Å²) in [5, 5.41) is 13.9. The number of unbranched alkanes of at least 4 members (excludes halogenated alkanes) is 32. The molecule has 9 heteroatoms. The lowest BCUT2D eigenvalue weighted by atomic mass is 10.0. The fraction of sp³-hybridized carbons (Fsp3) is 0.979. The molecule has 1 unspecified atom stereocenters. The number of nitrogens with zero attached hydrogens (tertiary/aromatic N) is 1. The Hall–Kier alpha value is -0.500. The average Bonchev–Trinajstić information content (AvgIpc) is 3.15. The minimum Gasteiger partial charge on any atom is -0.756 e. The summed E-state index contributed by atoms with van der Waals surface area (Å²) in [5.74, 6) is -0.161. The highest BCUT2D eigenvalue weighted by molar-refractivity contribution is 7.45. The summed E-state index contributed by atoms with van der Waals surface area (Å²) in [6.07, 6.45) is 44.1. The van der Waals surface area contributed by atoms with Gasteiger partial charge in [0.15, 0.2) is 0 Å². The first kappa shape index (κ1) is 55.5. The number of hydrogen-bond donors (Lipinski definition) is 2. The van der Waals surface area contributed by atoms with Crippen LogP contribution in [0.1, 0.15) is 245 Å². The van der Waals surface area contributed by atoms with Crippen molar-refractivity contribution in [2.45, 2.75) is 257 Å². The molecular weight excluding hydrogens is 719 g/mol. The van der Waals surface area contributed by atoms with Crippen LogP contribution in [0.3, 0.4) is 0 Å². The summed E-state index contributed by atoms with van der Waals surface area (Å²) in [4.78, 5) is 25.3. The van der Waals surface area contributed by atoms with Crippen molar-refractivity contribution in [3.05, 3.63) is 0 Å². The van der Waals surface area contributed by atoms with Crippen molar-refractivity contribution >= 4 is 13.7 Å². The van der Waals surface area contributed by atoms with Crippen molar-refractivity contribution in [2.75, 3.05) is 40.9 Å². The highest BCUT2D eigenvalue weighted by atomic mass is 31.2. The molecule has 8 nitrogen and oxygen atoms in total. The Morgan fingerprint density at radius 2 is 0.875 bits per heavy atom. The third-order valence-electron chi connectivity index (χ3n) is 11.3. The second kappa shape index (κ2) is 39.9. The van der Waals surface area contributed by atoms with E-state index in [1.54, 1.807) is 0 Å². The van der Waals surface area contributed by atoms with Gasteiger partial charge in [0.05, 0.1) is 39.9 Å². The number of aliphatic hydroxyl groups excluding tert-OH is 1. The van der Waals surface area contributed by atoms with Gasteiger partial charge in [-0.15, -0.1) is 0 Å². The SMILES string of the molecule is CCCCCCCCCCCCCCCCCCCCCCCCCCC(=O)N[C@@H](COP(=O)([O-])OCC[N+](C)(C)C)[C@H](O)CCCCCCCCCCCC. The van der Waals surface area contributed by atoms with Crippen molar-refractivity contribution in [1.29, 1.82) is 0 Å². The molecule has 56 heavy (non-hydrogen) atoms. The zero-order valence-electron chi connectivity index (χ0n) is 38.1. The molecule has 3 atom stereocenters. The number of nitrogens with one attached hydrogen (secondary N) is 1. The number of phosphoric ester groups is 1. The van der Waals surface area contributed by atoms with Gasteiger partial charge in [-0.25, -0.2) is 0 Å². The first-order valence-corrected chi connectivity index (χ1v) is 25.8. The molecule has 336 valence electrons. The molecule has 0 aromatic carbocycles. The van der Waals surface area contributed by atoms with Crippen molar-refractivity contribution < 1.29 is 32.9 Å². The summed E-state index contributed by atoms with van der Waals surface area (Å²) in [6.45, 7) is 4.73. The van der Waals surface area contributed by atoms with Crippen LogP contribution in [-0.2, 0) is 18.4 Å². The third-order valence-corrected chi connectivity index (χ3v) is 12.3. The Morgan fingerprint density at radius 3 is 1.21 bits per heavy atom. The van der Waals surface area contributed by atoms with Gasteiger partial charge in [0.2, 0.25) is 5.91 Å². The van der Waals surface area contributed by atoms with Crippen LogP contribution in [0.25, 0.3) is 0 Å². The van der Waals surface area contributed by atoms with Crippen LogP contribution in [0.2, 0.25) is 0 Å². The number of aliphatic hydroxyl groups is 1. The van der Waals surface area contributed by atoms with E-state index in [2.05, 4.69) is 19.2 Å². The number of hydrogen-bond acceptors (Lipinski definition) is 6. The second-order valence-electron chi connectivity index (χ2n) is 18.2. The van der Waals surface area contributed by atoms with E-state index in [4.69, 9.17) is 9.05 Å². The molecule has 2 N–H and O–H groups in total. The molecular formula is C47H97N2O6P. The van der Waals surface area contributed by atoms with Gasteiger partial charge in [0.1, 0.15) is 13.2 Å². The Labute approximate surface area is 349 Å². The van der Waals surface area contributed by atoms with Gasteiger partial charge in [-0.1, -0.05) is 226 Å². The Kier molecular flexibility index (Phi) is 39.6. The van der Waals surface area contributed by atoms with Crippen LogP contribution in [0.4, 0.5) is 0 Å². The molecule has 0 fully saturated rings. The standard InChI is InChI=1S/C47H97N2O6P/c1-6-8-10-12-14-16-18-19-20-21-22-23-24-25-26-27-28-29-30-31-33-35-37-39-41-47(51)48-45(44-55-56(52,53)54-43-42-49(3,4)5)46(50)40-38-36-34-32-17-15-13-11-9-7-2/h45-46,50H,6-44H2,1-5H3,(H-,48,51,52,53)/t45-,46+/m0/s1. The van der Waals surface area contributed by atoms with Crippen molar-refractivity contribution in [1.82, 2.24) is 5.32 Å². The predicted molar refractivity (Wildman–Crippen MR) is 238 cm³/mol. The van der Waals surface area contributed by atoms with Gasteiger partial charge in [-0.2, -0.15) is 0 Å². The van der Waals surface area contributed by atoms with Crippen LogP contribution in [0, 0.1) is 0 Å². The van der Waals surface area contributed by atoms with Gasteiger partial charge in [-0.05, 0) is 12.8 Å². The molecule has 0 radical (unpaired) electrons. The fourth-order valence-corrected chi connectivity index (χ4v) is 8.18. The van der Waals surface area contributed by atoms with E-state index >= 15 is 0 Å². The Balaban J connectivity index is 4.08. The minimum absolute atomic E-state index is 0.0159. The summed E-state index contributed by atoms with van der Waals surface area (Å²) >= 11 is 0. The first-order chi connectivity index (χ1) is 27.0. The fourth-order valence-electron chi connectivity index (χ4n) is 7.45. The number of likely N-dealkylation sites (N-methyl/N-ethyl adjacent to an activating group) is 1. The van der Waals surface area contributed by atoms with Crippen LogP contribution >= 0.6 is 7.82 Å². The lowest BCUT2D eigenvalue weighted by Crippen LogP contribution is -2.46.